The summed E-state index contributed by atoms with van der Waals surface area (Å²) in [4.78, 5) is 0. The average Bonchev–Trinajstić information content (AvgIpc) is 2.55. The molecular weight excluding hydrogens is 258 g/mol. The number of hydrogen-bond donors (Lipinski definition) is 1. The third kappa shape index (κ3) is 4.55. The monoisotopic (exact) mass is 281 g/mol. The van der Waals surface area contributed by atoms with E-state index in [4.69, 9.17) is 4.74 Å². The van der Waals surface area contributed by atoms with Crippen LogP contribution >= 0.6 is 0 Å². The van der Waals surface area contributed by atoms with Gasteiger partial charge in [0.1, 0.15) is 0 Å². The van der Waals surface area contributed by atoms with E-state index in [1.54, 1.807) is 7.11 Å². The molecule has 0 spiro atoms. The zero-order chi connectivity index (χ0) is 14.9. The second-order valence-corrected chi connectivity index (χ2v) is 5.07. The normalized spacial score (nSPS) is 13.6. The first-order chi connectivity index (χ1) is 10.3. The van der Waals surface area contributed by atoms with Gasteiger partial charge in [-0.25, -0.2) is 0 Å². The van der Waals surface area contributed by atoms with E-state index >= 15 is 0 Å². The smallest absolute Gasteiger partial charge is 0.0657 e. The molecule has 0 saturated heterocycles. The van der Waals surface area contributed by atoms with Gasteiger partial charge in [0.15, 0.2) is 0 Å². The number of methoxy groups -OCH3 is 1. The first-order valence-electron chi connectivity index (χ1n) is 7.31. The van der Waals surface area contributed by atoms with E-state index in [9.17, 15) is 0 Å². The Kier molecular flexibility index (Phi) is 6.20. The molecule has 0 saturated carbocycles. The molecule has 0 fully saturated rings. The summed E-state index contributed by atoms with van der Waals surface area (Å²) in [5.41, 5.74) is 2.51. The lowest BCUT2D eigenvalue weighted by Gasteiger charge is -2.25. The van der Waals surface area contributed by atoms with Gasteiger partial charge in [0, 0.05) is 13.2 Å². The van der Waals surface area contributed by atoms with E-state index in [1.165, 1.54) is 11.1 Å². The summed E-state index contributed by atoms with van der Waals surface area (Å²) in [6.45, 7) is 4.52. The average molecular weight is 281 g/mol. The molecule has 0 radical (unpaired) electrons. The molecule has 2 atom stereocenters. The lowest BCUT2D eigenvalue weighted by atomic mass is 10.0. The molecule has 0 unspecified atom stereocenters. The zero-order valence-corrected chi connectivity index (χ0v) is 12.5. The number of hydrogen-bond acceptors (Lipinski definition) is 2. The molecule has 2 rings (SSSR count). The van der Waals surface area contributed by atoms with Crippen molar-refractivity contribution in [1.29, 1.82) is 0 Å². The van der Waals surface area contributed by atoms with Crippen molar-refractivity contribution in [3.05, 3.63) is 84.4 Å². The second-order valence-electron chi connectivity index (χ2n) is 5.07. The fourth-order valence-electron chi connectivity index (χ4n) is 2.49. The fraction of sp³-hybridized carbons (Fsp3) is 0.263. The van der Waals surface area contributed by atoms with Gasteiger partial charge in [0.25, 0.3) is 0 Å². The van der Waals surface area contributed by atoms with Crippen molar-refractivity contribution in [2.24, 2.45) is 0 Å². The maximum Gasteiger partial charge on any atom is 0.0657 e. The van der Waals surface area contributed by atoms with Crippen LogP contribution in [0, 0.1) is 0 Å². The third-order valence-electron chi connectivity index (χ3n) is 3.54. The van der Waals surface area contributed by atoms with E-state index in [2.05, 4.69) is 60.4 Å². The predicted molar refractivity (Wildman–Crippen MR) is 88.2 cm³/mol. The summed E-state index contributed by atoms with van der Waals surface area (Å²) >= 11 is 0. The molecular formula is C19H23NO. The molecule has 2 aromatic carbocycles. The maximum atomic E-state index is 5.38. The van der Waals surface area contributed by atoms with Gasteiger partial charge in [-0.3, -0.25) is 0 Å². The molecule has 21 heavy (non-hydrogen) atoms. The standard InChI is InChI=1S/C19H23NO/c1-3-10-18(16-11-6-4-7-12-16)20-19(15-21-2)17-13-8-5-9-14-17/h3-9,11-14,18-20H,1,10,15H2,2H3/t18-,19+/m1/s1. The third-order valence-corrected chi connectivity index (χ3v) is 3.54. The maximum absolute atomic E-state index is 5.38. The molecule has 0 heterocycles. The van der Waals surface area contributed by atoms with Crippen molar-refractivity contribution < 1.29 is 4.74 Å². The molecule has 2 heteroatoms. The molecule has 2 nitrogen and oxygen atoms in total. The van der Waals surface area contributed by atoms with Gasteiger partial charge < -0.3 is 10.1 Å². The van der Waals surface area contributed by atoms with Gasteiger partial charge in [0.2, 0.25) is 0 Å². The van der Waals surface area contributed by atoms with Crippen LogP contribution in [0.15, 0.2) is 73.3 Å². The molecule has 0 amide bonds. The molecule has 0 aliphatic rings. The van der Waals surface area contributed by atoms with Crippen LogP contribution < -0.4 is 5.32 Å². The lowest BCUT2D eigenvalue weighted by Crippen LogP contribution is -2.29. The van der Waals surface area contributed by atoms with Gasteiger partial charge in [-0.2, -0.15) is 0 Å². The number of rotatable bonds is 8. The zero-order valence-electron chi connectivity index (χ0n) is 12.5. The van der Waals surface area contributed by atoms with Crippen LogP contribution in [0.2, 0.25) is 0 Å². The Morgan fingerprint density at radius 2 is 1.48 bits per heavy atom. The van der Waals surface area contributed by atoms with Crippen molar-refractivity contribution in [2.75, 3.05) is 13.7 Å². The van der Waals surface area contributed by atoms with Crippen molar-refractivity contribution in [2.45, 2.75) is 18.5 Å². The van der Waals surface area contributed by atoms with Crippen LogP contribution in [0.25, 0.3) is 0 Å². The topological polar surface area (TPSA) is 21.3 Å². The van der Waals surface area contributed by atoms with Gasteiger partial charge in [-0.05, 0) is 17.5 Å². The SMILES string of the molecule is C=CC[C@@H](N[C@@H](COC)c1ccccc1)c1ccccc1. The Morgan fingerprint density at radius 1 is 0.952 bits per heavy atom. The Hall–Kier alpha value is -1.90. The van der Waals surface area contributed by atoms with Crippen molar-refractivity contribution in [3.63, 3.8) is 0 Å². The van der Waals surface area contributed by atoms with Gasteiger partial charge in [0.05, 0.1) is 12.6 Å². The summed E-state index contributed by atoms with van der Waals surface area (Å²) in [6.07, 6.45) is 2.84. The highest BCUT2D eigenvalue weighted by atomic mass is 16.5. The summed E-state index contributed by atoms with van der Waals surface area (Å²) < 4.78 is 5.38. The van der Waals surface area contributed by atoms with Crippen LogP contribution in [-0.4, -0.2) is 13.7 Å². The van der Waals surface area contributed by atoms with Crippen LogP contribution in [0.1, 0.15) is 29.6 Å². The lowest BCUT2D eigenvalue weighted by molar-refractivity contribution is 0.161. The Morgan fingerprint density at radius 3 is 1.95 bits per heavy atom. The Bertz CT molecular complexity index is 524. The van der Waals surface area contributed by atoms with E-state index in [0.29, 0.717) is 6.61 Å². The van der Waals surface area contributed by atoms with Crippen LogP contribution in [0.5, 0.6) is 0 Å². The molecule has 110 valence electrons. The highest BCUT2D eigenvalue weighted by Gasteiger charge is 2.17. The summed E-state index contributed by atoms with van der Waals surface area (Å²) in [5.74, 6) is 0. The Balaban J connectivity index is 2.18. The minimum atomic E-state index is 0.168. The van der Waals surface area contributed by atoms with E-state index in [1.807, 2.05) is 18.2 Å². The van der Waals surface area contributed by atoms with Crippen LogP contribution in [0.4, 0.5) is 0 Å². The highest BCUT2D eigenvalue weighted by molar-refractivity contribution is 5.23. The molecule has 0 aromatic heterocycles. The van der Waals surface area contributed by atoms with Crippen LogP contribution in [0.3, 0.4) is 0 Å². The largest absolute Gasteiger partial charge is 0.383 e. The first kappa shape index (κ1) is 15.5. The highest BCUT2D eigenvalue weighted by Crippen LogP contribution is 2.23. The number of nitrogens with one attached hydrogen (secondary N) is 1. The first-order valence-corrected chi connectivity index (χ1v) is 7.31. The van der Waals surface area contributed by atoms with E-state index in [-0.39, 0.29) is 12.1 Å². The minimum absolute atomic E-state index is 0.168. The molecule has 2 aromatic rings. The Labute approximate surface area is 127 Å². The fourth-order valence-corrected chi connectivity index (χ4v) is 2.49. The van der Waals surface area contributed by atoms with Crippen molar-refractivity contribution in [3.8, 4) is 0 Å². The van der Waals surface area contributed by atoms with Gasteiger partial charge >= 0.3 is 0 Å². The van der Waals surface area contributed by atoms with Gasteiger partial charge in [-0.1, -0.05) is 66.7 Å². The van der Waals surface area contributed by atoms with E-state index in [0.717, 1.165) is 6.42 Å². The van der Waals surface area contributed by atoms with Crippen molar-refractivity contribution >= 4 is 0 Å². The van der Waals surface area contributed by atoms with Crippen molar-refractivity contribution in [1.82, 2.24) is 5.32 Å². The molecule has 0 aliphatic heterocycles. The van der Waals surface area contributed by atoms with Crippen LogP contribution in [-0.2, 0) is 4.74 Å². The number of ether oxygens (including phenoxy) is 1. The molecule has 0 bridgehead atoms. The van der Waals surface area contributed by atoms with Gasteiger partial charge in [-0.15, -0.1) is 6.58 Å². The quantitative estimate of drug-likeness (QED) is 0.729. The summed E-state index contributed by atoms with van der Waals surface area (Å²) in [6, 6.07) is 21.3. The summed E-state index contributed by atoms with van der Waals surface area (Å²) in [5, 5.41) is 3.69. The second kappa shape index (κ2) is 8.40. The minimum Gasteiger partial charge on any atom is -0.383 e. The number of benzene rings is 2. The molecule has 0 aliphatic carbocycles. The predicted octanol–water partition coefficient (Wildman–Crippen LogP) is 4.28. The van der Waals surface area contributed by atoms with E-state index < -0.39 is 0 Å². The molecule has 1 N–H and O–H groups in total. The summed E-state index contributed by atoms with van der Waals surface area (Å²) in [7, 11) is 1.74.